The van der Waals surface area contributed by atoms with E-state index in [0.717, 1.165) is 11.1 Å². The summed E-state index contributed by atoms with van der Waals surface area (Å²) in [6.07, 6.45) is 1.31. The lowest BCUT2D eigenvalue weighted by atomic mass is 10.0. The fourth-order valence-corrected chi connectivity index (χ4v) is 4.64. The predicted octanol–water partition coefficient (Wildman–Crippen LogP) is 4.03. The van der Waals surface area contributed by atoms with Crippen LogP contribution >= 0.6 is 11.3 Å². The number of hydrogen-bond acceptors (Lipinski definition) is 4. The number of para-hydroxylation sites is 1. The summed E-state index contributed by atoms with van der Waals surface area (Å²) in [6, 6.07) is 17.3. The molecule has 3 rings (SSSR count). The van der Waals surface area contributed by atoms with Crippen LogP contribution in [0.5, 0.6) is 0 Å². The lowest BCUT2D eigenvalue weighted by molar-refractivity contribution is 0.0697. The number of anilines is 1. The third kappa shape index (κ3) is 4.30. The van der Waals surface area contributed by atoms with Crippen LogP contribution in [0.2, 0.25) is 0 Å². The molecule has 5 nitrogen and oxygen atoms in total. The first-order valence-corrected chi connectivity index (χ1v) is 10.3. The van der Waals surface area contributed by atoms with Gasteiger partial charge < -0.3 is 5.11 Å². The Bertz CT molecular complexity index is 994. The van der Waals surface area contributed by atoms with Crippen LogP contribution in [0.3, 0.4) is 0 Å². The average Bonchev–Trinajstić information content (AvgIpc) is 3.17. The Balaban J connectivity index is 1.74. The quantitative estimate of drug-likeness (QED) is 0.641. The zero-order valence-corrected chi connectivity index (χ0v) is 15.4. The molecule has 134 valence electrons. The van der Waals surface area contributed by atoms with Gasteiger partial charge in [0, 0.05) is 0 Å². The van der Waals surface area contributed by atoms with E-state index in [0.29, 0.717) is 18.5 Å². The predicted molar refractivity (Wildman–Crippen MR) is 102 cm³/mol. The molecule has 0 saturated carbocycles. The number of benzene rings is 2. The molecule has 0 saturated heterocycles. The highest BCUT2D eigenvalue weighted by Crippen LogP contribution is 2.24. The maximum atomic E-state index is 12.4. The van der Waals surface area contributed by atoms with Gasteiger partial charge >= 0.3 is 5.97 Å². The summed E-state index contributed by atoms with van der Waals surface area (Å²) >= 11 is 1.17. The zero-order chi connectivity index (χ0) is 18.6. The number of hydrogen-bond donors (Lipinski definition) is 2. The molecule has 7 heteroatoms. The van der Waals surface area contributed by atoms with Gasteiger partial charge in [-0.1, -0.05) is 36.4 Å². The van der Waals surface area contributed by atoms with Gasteiger partial charge in [-0.3, -0.25) is 4.72 Å². The molecular formula is C19H17NO4S2. The Labute approximate surface area is 156 Å². The lowest BCUT2D eigenvalue weighted by Crippen LogP contribution is -2.13. The van der Waals surface area contributed by atoms with Crippen LogP contribution < -0.4 is 4.72 Å². The molecule has 1 aromatic heterocycles. The first kappa shape index (κ1) is 18.2. The number of nitrogens with one attached hydrogen (secondary N) is 1. The second-order valence-electron chi connectivity index (χ2n) is 5.70. The van der Waals surface area contributed by atoms with Gasteiger partial charge in [0.1, 0.15) is 4.21 Å². The topological polar surface area (TPSA) is 83.5 Å². The average molecular weight is 387 g/mol. The fourth-order valence-electron chi connectivity index (χ4n) is 2.54. The number of carboxylic acid groups (broad SMARTS) is 1. The molecule has 3 aromatic rings. The Morgan fingerprint density at radius 1 is 0.962 bits per heavy atom. The molecule has 2 aromatic carbocycles. The molecule has 0 aliphatic rings. The van der Waals surface area contributed by atoms with Crippen molar-refractivity contribution >= 4 is 33.0 Å². The summed E-state index contributed by atoms with van der Waals surface area (Å²) in [5.74, 6) is -0.954. The van der Waals surface area contributed by atoms with Crippen molar-refractivity contribution in [3.63, 3.8) is 0 Å². The highest BCUT2D eigenvalue weighted by atomic mass is 32.2. The van der Waals surface area contributed by atoms with Gasteiger partial charge in [0.05, 0.1) is 11.3 Å². The lowest BCUT2D eigenvalue weighted by Gasteiger charge is -2.12. The molecule has 0 bridgehead atoms. The number of carboxylic acids is 1. The van der Waals surface area contributed by atoms with Crippen molar-refractivity contribution in [3.05, 3.63) is 82.7 Å². The van der Waals surface area contributed by atoms with Gasteiger partial charge in [0.25, 0.3) is 10.0 Å². The molecular weight excluding hydrogens is 370 g/mol. The van der Waals surface area contributed by atoms with Crippen molar-refractivity contribution in [3.8, 4) is 0 Å². The number of rotatable bonds is 7. The van der Waals surface area contributed by atoms with Crippen LogP contribution in [-0.4, -0.2) is 19.5 Å². The second kappa shape index (κ2) is 7.72. The van der Waals surface area contributed by atoms with E-state index in [9.17, 15) is 13.2 Å². The molecule has 0 unspecified atom stereocenters. The standard InChI is InChI=1S/C19H17NO4S2/c21-19(22)16-11-8-14(9-12-16)7-10-15-4-1-2-5-17(15)20-26(23,24)18-6-3-13-25-18/h1-6,8-9,11-13,20H,7,10H2,(H,21,22). The van der Waals surface area contributed by atoms with Crippen LogP contribution in [0.25, 0.3) is 0 Å². The Hall–Kier alpha value is -2.64. The van der Waals surface area contributed by atoms with Crippen molar-refractivity contribution < 1.29 is 18.3 Å². The summed E-state index contributed by atoms with van der Waals surface area (Å²) in [4.78, 5) is 10.9. The molecule has 0 amide bonds. The minimum atomic E-state index is -3.59. The summed E-state index contributed by atoms with van der Waals surface area (Å²) in [5.41, 5.74) is 2.68. The monoisotopic (exact) mass is 387 g/mol. The van der Waals surface area contributed by atoms with Gasteiger partial charge in [-0.25, -0.2) is 13.2 Å². The van der Waals surface area contributed by atoms with Gasteiger partial charge in [-0.2, -0.15) is 0 Å². The minimum absolute atomic E-state index is 0.248. The third-order valence-electron chi connectivity index (χ3n) is 3.91. The molecule has 26 heavy (non-hydrogen) atoms. The SMILES string of the molecule is O=C(O)c1ccc(CCc2ccccc2NS(=O)(=O)c2cccs2)cc1. The first-order chi connectivity index (χ1) is 12.5. The maximum absolute atomic E-state index is 12.4. The number of carbonyl (C=O) groups is 1. The van der Waals surface area contributed by atoms with Gasteiger partial charge in [-0.05, 0) is 53.6 Å². The number of aromatic carboxylic acids is 1. The van der Waals surface area contributed by atoms with Crippen molar-refractivity contribution in [1.82, 2.24) is 0 Å². The van der Waals surface area contributed by atoms with Crippen LogP contribution in [0.4, 0.5) is 5.69 Å². The van der Waals surface area contributed by atoms with E-state index in [1.54, 1.807) is 53.9 Å². The van der Waals surface area contributed by atoms with E-state index in [2.05, 4.69) is 4.72 Å². The van der Waals surface area contributed by atoms with Crippen LogP contribution in [0, 0.1) is 0 Å². The van der Waals surface area contributed by atoms with Crippen molar-refractivity contribution in [2.75, 3.05) is 4.72 Å². The van der Waals surface area contributed by atoms with Crippen molar-refractivity contribution in [1.29, 1.82) is 0 Å². The Morgan fingerprint density at radius 3 is 2.35 bits per heavy atom. The van der Waals surface area contributed by atoms with E-state index in [1.165, 1.54) is 11.3 Å². The zero-order valence-electron chi connectivity index (χ0n) is 13.8. The molecule has 0 spiro atoms. The smallest absolute Gasteiger partial charge is 0.335 e. The number of aryl methyl sites for hydroxylation is 2. The third-order valence-corrected chi connectivity index (χ3v) is 6.67. The highest BCUT2D eigenvalue weighted by Gasteiger charge is 2.16. The van der Waals surface area contributed by atoms with Gasteiger partial charge in [0.15, 0.2) is 0 Å². The Morgan fingerprint density at radius 2 is 1.69 bits per heavy atom. The van der Waals surface area contributed by atoms with E-state index in [1.807, 2.05) is 12.1 Å². The van der Waals surface area contributed by atoms with Crippen LogP contribution in [0.15, 0.2) is 70.3 Å². The fraction of sp³-hybridized carbons (Fsp3) is 0.105. The van der Waals surface area contributed by atoms with E-state index < -0.39 is 16.0 Å². The molecule has 0 fully saturated rings. The highest BCUT2D eigenvalue weighted by molar-refractivity contribution is 7.94. The van der Waals surface area contributed by atoms with E-state index >= 15 is 0 Å². The van der Waals surface area contributed by atoms with Crippen LogP contribution in [0.1, 0.15) is 21.5 Å². The van der Waals surface area contributed by atoms with E-state index in [-0.39, 0.29) is 9.77 Å². The summed E-state index contributed by atoms with van der Waals surface area (Å²) < 4.78 is 27.8. The second-order valence-corrected chi connectivity index (χ2v) is 8.55. The largest absolute Gasteiger partial charge is 0.478 e. The normalized spacial score (nSPS) is 11.2. The number of thiophene rings is 1. The molecule has 0 atom stereocenters. The summed E-state index contributed by atoms with van der Waals surface area (Å²) in [6.45, 7) is 0. The molecule has 2 N–H and O–H groups in total. The van der Waals surface area contributed by atoms with Gasteiger partial charge in [-0.15, -0.1) is 11.3 Å². The number of sulfonamides is 1. The summed E-state index contributed by atoms with van der Waals surface area (Å²) in [5, 5.41) is 10.7. The van der Waals surface area contributed by atoms with Crippen LogP contribution in [-0.2, 0) is 22.9 Å². The molecule has 0 aliphatic heterocycles. The molecule has 0 radical (unpaired) electrons. The first-order valence-electron chi connectivity index (χ1n) is 7.92. The summed E-state index contributed by atoms with van der Waals surface area (Å²) in [7, 11) is -3.59. The van der Waals surface area contributed by atoms with Crippen molar-refractivity contribution in [2.24, 2.45) is 0 Å². The van der Waals surface area contributed by atoms with Crippen molar-refractivity contribution in [2.45, 2.75) is 17.1 Å². The molecule has 0 aliphatic carbocycles. The molecule has 1 heterocycles. The maximum Gasteiger partial charge on any atom is 0.335 e. The van der Waals surface area contributed by atoms with Gasteiger partial charge in [0.2, 0.25) is 0 Å². The Kier molecular flexibility index (Phi) is 5.39. The minimum Gasteiger partial charge on any atom is -0.478 e. The van der Waals surface area contributed by atoms with E-state index in [4.69, 9.17) is 5.11 Å².